The largest absolute Gasteiger partial charge is 0.382 e. The van der Waals surface area contributed by atoms with Crippen molar-refractivity contribution >= 4 is 32.8 Å². The third-order valence-corrected chi connectivity index (χ3v) is 3.80. The monoisotopic (exact) mass is 290 g/mol. The maximum atomic E-state index is 11.2. The third-order valence-electron chi connectivity index (χ3n) is 2.40. The number of nitrogens with zero attached hydrogens (tertiary/aromatic N) is 1. The van der Waals surface area contributed by atoms with Crippen LogP contribution in [0.4, 0.5) is 11.4 Å². The van der Waals surface area contributed by atoms with E-state index in [0.717, 1.165) is 11.4 Å². The second kappa shape index (κ2) is 5.80. The third kappa shape index (κ3) is 4.74. The Balaban J connectivity index is 2.78. The maximum Gasteiger partial charge on any atom is 0.149 e. The average molecular weight is 291 g/mol. The Bertz CT molecular complexity index is 515. The number of hydrogen-bond donors (Lipinski definition) is 1. The quantitative estimate of drug-likeness (QED) is 0.904. The van der Waals surface area contributed by atoms with Crippen LogP contribution in [-0.4, -0.2) is 40.6 Å². The first-order valence-electron chi connectivity index (χ1n) is 5.60. The molecule has 0 bridgehead atoms. The zero-order chi connectivity index (χ0) is 13.9. The Hall–Kier alpha value is -0.940. The molecule has 6 heteroatoms. The molecule has 0 amide bonds. The topological polar surface area (TPSA) is 49.4 Å². The van der Waals surface area contributed by atoms with E-state index in [1.54, 1.807) is 6.07 Å². The van der Waals surface area contributed by atoms with Gasteiger partial charge in [-0.2, -0.15) is 0 Å². The van der Waals surface area contributed by atoms with E-state index in [1.807, 2.05) is 38.1 Å². The highest BCUT2D eigenvalue weighted by molar-refractivity contribution is 7.90. The molecule has 1 unspecified atom stereocenters. The highest BCUT2D eigenvalue weighted by atomic mass is 35.5. The van der Waals surface area contributed by atoms with Crippen LogP contribution in [0, 0.1) is 0 Å². The summed E-state index contributed by atoms with van der Waals surface area (Å²) >= 11 is 6.14. The molecule has 1 aromatic carbocycles. The molecule has 0 fully saturated rings. The molecule has 0 aliphatic heterocycles. The number of nitrogens with one attached hydrogen (secondary N) is 1. The fraction of sp³-hybridized carbons (Fsp3) is 0.500. The first-order chi connectivity index (χ1) is 8.19. The van der Waals surface area contributed by atoms with Gasteiger partial charge in [-0.25, -0.2) is 8.42 Å². The fourth-order valence-electron chi connectivity index (χ4n) is 1.74. The minimum atomic E-state index is -2.98. The van der Waals surface area contributed by atoms with E-state index >= 15 is 0 Å². The number of sulfone groups is 1. The van der Waals surface area contributed by atoms with Crippen LogP contribution in [0.3, 0.4) is 0 Å². The second-order valence-corrected chi connectivity index (χ2v) is 7.29. The van der Waals surface area contributed by atoms with E-state index in [2.05, 4.69) is 5.32 Å². The summed E-state index contributed by atoms with van der Waals surface area (Å²) in [5.41, 5.74) is 1.75. The summed E-state index contributed by atoms with van der Waals surface area (Å²) in [6.45, 7) is 1.83. The van der Waals surface area contributed by atoms with Crippen molar-refractivity contribution in [2.24, 2.45) is 0 Å². The van der Waals surface area contributed by atoms with Gasteiger partial charge in [-0.15, -0.1) is 0 Å². The Kier molecular flexibility index (Phi) is 4.87. The first-order valence-corrected chi connectivity index (χ1v) is 8.04. The summed E-state index contributed by atoms with van der Waals surface area (Å²) in [5, 5.41) is 3.76. The zero-order valence-electron chi connectivity index (χ0n) is 11.1. The van der Waals surface area contributed by atoms with Gasteiger partial charge in [-0.3, -0.25) is 0 Å². The molecule has 0 spiro atoms. The van der Waals surface area contributed by atoms with Gasteiger partial charge >= 0.3 is 0 Å². The van der Waals surface area contributed by atoms with Gasteiger partial charge in [0.2, 0.25) is 0 Å². The average Bonchev–Trinajstić information content (AvgIpc) is 2.13. The summed E-state index contributed by atoms with van der Waals surface area (Å²) in [6, 6.07) is 5.44. The van der Waals surface area contributed by atoms with Crippen LogP contribution in [0.1, 0.15) is 6.92 Å². The Morgan fingerprint density at radius 3 is 2.44 bits per heavy atom. The van der Waals surface area contributed by atoms with E-state index in [4.69, 9.17) is 11.6 Å². The maximum absolute atomic E-state index is 11.2. The highest BCUT2D eigenvalue weighted by Gasteiger charge is 2.11. The van der Waals surface area contributed by atoms with Crippen LogP contribution < -0.4 is 10.2 Å². The van der Waals surface area contributed by atoms with Gasteiger partial charge in [0.05, 0.1) is 16.5 Å². The van der Waals surface area contributed by atoms with E-state index in [-0.39, 0.29) is 11.8 Å². The van der Waals surface area contributed by atoms with Crippen molar-refractivity contribution in [2.45, 2.75) is 13.0 Å². The van der Waals surface area contributed by atoms with Crippen molar-refractivity contribution in [3.05, 3.63) is 23.2 Å². The molecule has 0 radical (unpaired) electrons. The minimum Gasteiger partial charge on any atom is -0.382 e. The predicted molar refractivity (Wildman–Crippen MR) is 78.6 cm³/mol. The predicted octanol–water partition coefficient (Wildman–Crippen LogP) is 2.25. The molecule has 18 heavy (non-hydrogen) atoms. The lowest BCUT2D eigenvalue weighted by atomic mass is 10.2. The molecule has 1 N–H and O–H groups in total. The zero-order valence-corrected chi connectivity index (χ0v) is 12.6. The minimum absolute atomic E-state index is 0.0973. The molecule has 0 aromatic heterocycles. The standard InChI is InChI=1S/C12H19ClN2O2S/c1-9(8-18(4,16)17)14-10-5-6-12(15(2)3)11(13)7-10/h5-7,9,14H,8H2,1-4H3. The van der Waals surface area contributed by atoms with Gasteiger partial charge < -0.3 is 10.2 Å². The molecule has 0 aliphatic carbocycles. The van der Waals surface area contributed by atoms with E-state index in [1.165, 1.54) is 6.26 Å². The molecule has 1 rings (SSSR count). The van der Waals surface area contributed by atoms with Crippen molar-refractivity contribution in [1.82, 2.24) is 0 Å². The molecular weight excluding hydrogens is 272 g/mol. The number of hydrogen-bond acceptors (Lipinski definition) is 4. The van der Waals surface area contributed by atoms with Gasteiger partial charge in [-0.1, -0.05) is 11.6 Å². The number of rotatable bonds is 5. The van der Waals surface area contributed by atoms with Crippen molar-refractivity contribution in [3.8, 4) is 0 Å². The van der Waals surface area contributed by atoms with E-state index in [9.17, 15) is 8.42 Å². The van der Waals surface area contributed by atoms with E-state index in [0.29, 0.717) is 5.02 Å². The SMILES string of the molecule is CC(CS(C)(=O)=O)Nc1ccc(N(C)C)c(Cl)c1. The number of benzene rings is 1. The van der Waals surface area contributed by atoms with Crippen LogP contribution in [-0.2, 0) is 9.84 Å². The van der Waals surface area contributed by atoms with Crippen LogP contribution in [0.5, 0.6) is 0 Å². The van der Waals surface area contributed by atoms with Crippen molar-refractivity contribution in [1.29, 1.82) is 0 Å². The smallest absolute Gasteiger partial charge is 0.149 e. The van der Waals surface area contributed by atoms with Crippen LogP contribution >= 0.6 is 11.6 Å². The molecule has 102 valence electrons. The summed E-state index contributed by atoms with van der Waals surface area (Å²) in [5.74, 6) is 0.0973. The normalized spacial score (nSPS) is 13.2. The first kappa shape index (κ1) is 15.1. The lowest BCUT2D eigenvalue weighted by Crippen LogP contribution is -2.25. The Morgan fingerprint density at radius 2 is 2.00 bits per heavy atom. The van der Waals surface area contributed by atoms with Crippen molar-refractivity contribution in [3.63, 3.8) is 0 Å². The second-order valence-electron chi connectivity index (χ2n) is 4.70. The fourth-order valence-corrected chi connectivity index (χ4v) is 3.08. The van der Waals surface area contributed by atoms with Gasteiger partial charge in [0.15, 0.2) is 0 Å². The summed E-state index contributed by atoms with van der Waals surface area (Å²) in [4.78, 5) is 1.92. The molecule has 0 saturated heterocycles. The van der Waals surface area contributed by atoms with E-state index < -0.39 is 9.84 Å². The molecule has 0 saturated carbocycles. The van der Waals surface area contributed by atoms with Crippen LogP contribution in [0.15, 0.2) is 18.2 Å². The molecule has 1 aromatic rings. The number of anilines is 2. The Morgan fingerprint density at radius 1 is 1.39 bits per heavy atom. The van der Waals surface area contributed by atoms with Crippen molar-refractivity contribution in [2.75, 3.05) is 36.3 Å². The summed E-state index contributed by atoms with van der Waals surface area (Å²) in [6.07, 6.45) is 1.23. The lowest BCUT2D eigenvalue weighted by molar-refractivity contribution is 0.598. The molecule has 4 nitrogen and oxygen atoms in total. The van der Waals surface area contributed by atoms with Gasteiger partial charge in [-0.05, 0) is 25.1 Å². The Labute approximate surface area is 114 Å². The van der Waals surface area contributed by atoms with Crippen LogP contribution in [0.2, 0.25) is 5.02 Å². The van der Waals surface area contributed by atoms with Gasteiger partial charge in [0.1, 0.15) is 9.84 Å². The lowest BCUT2D eigenvalue weighted by Gasteiger charge is -2.18. The van der Waals surface area contributed by atoms with Gasteiger partial charge in [0, 0.05) is 32.1 Å². The molecular formula is C12H19ClN2O2S. The molecule has 0 heterocycles. The summed E-state index contributed by atoms with van der Waals surface area (Å²) in [7, 11) is 0.856. The molecule has 0 aliphatic rings. The van der Waals surface area contributed by atoms with Crippen LogP contribution in [0.25, 0.3) is 0 Å². The van der Waals surface area contributed by atoms with Crippen molar-refractivity contribution < 1.29 is 8.42 Å². The number of halogens is 1. The summed E-state index contributed by atoms with van der Waals surface area (Å²) < 4.78 is 22.3. The highest BCUT2D eigenvalue weighted by Crippen LogP contribution is 2.27. The molecule has 1 atom stereocenters. The van der Waals surface area contributed by atoms with Gasteiger partial charge in [0.25, 0.3) is 0 Å².